The number of nitro groups is 1. The van der Waals surface area contributed by atoms with Gasteiger partial charge in [-0.1, -0.05) is 17.7 Å². The van der Waals surface area contributed by atoms with Crippen LogP contribution in [-0.4, -0.2) is 33.4 Å². The van der Waals surface area contributed by atoms with E-state index >= 15 is 0 Å². The highest BCUT2D eigenvalue weighted by Gasteiger charge is 2.36. The van der Waals surface area contributed by atoms with Gasteiger partial charge in [-0.15, -0.1) is 0 Å². The third-order valence-corrected chi connectivity index (χ3v) is 5.43. The zero-order valence-electron chi connectivity index (χ0n) is 16.6. The quantitative estimate of drug-likeness (QED) is 0.437. The van der Waals surface area contributed by atoms with Crippen LogP contribution in [0.5, 0.6) is 0 Å². The van der Waals surface area contributed by atoms with Crippen LogP contribution in [0.25, 0.3) is 6.08 Å². The Labute approximate surface area is 177 Å². The number of nitro benzene ring substituents is 1. The van der Waals surface area contributed by atoms with Crippen LogP contribution in [0.3, 0.4) is 0 Å². The van der Waals surface area contributed by atoms with E-state index in [1.165, 1.54) is 30.3 Å². The molecule has 1 N–H and O–H groups in total. The van der Waals surface area contributed by atoms with Crippen molar-refractivity contribution >= 4 is 46.3 Å². The first-order valence-corrected chi connectivity index (χ1v) is 9.85. The molecule has 0 aliphatic carbocycles. The third-order valence-electron chi connectivity index (χ3n) is 4.52. The normalized spacial score (nSPS) is 15.0. The van der Waals surface area contributed by atoms with Crippen molar-refractivity contribution in [2.24, 2.45) is 0 Å². The Morgan fingerprint density at radius 2 is 1.73 bits per heavy atom. The van der Waals surface area contributed by atoms with Crippen molar-refractivity contribution in [1.82, 2.24) is 4.90 Å². The number of hydrogen-bond acceptors (Lipinski definition) is 6. The number of imide groups is 1. The lowest BCUT2D eigenvalue weighted by Crippen LogP contribution is -2.36. The first-order chi connectivity index (χ1) is 14.2. The predicted octanol–water partition coefficient (Wildman–Crippen LogP) is 4.20. The number of thioether (sulfide) groups is 1. The molecule has 3 amide bonds. The van der Waals surface area contributed by atoms with Crippen LogP contribution in [0.15, 0.2) is 41.3 Å². The van der Waals surface area contributed by atoms with Gasteiger partial charge in [0.1, 0.15) is 6.54 Å². The van der Waals surface area contributed by atoms with E-state index in [-0.39, 0.29) is 10.6 Å². The van der Waals surface area contributed by atoms with Gasteiger partial charge in [-0.3, -0.25) is 29.4 Å². The molecule has 0 unspecified atom stereocenters. The smallest absolute Gasteiger partial charge is 0.294 e. The molecule has 1 saturated heterocycles. The second-order valence-electron chi connectivity index (χ2n) is 6.94. The lowest BCUT2D eigenvalue weighted by Gasteiger charge is -2.15. The van der Waals surface area contributed by atoms with Gasteiger partial charge < -0.3 is 5.32 Å². The van der Waals surface area contributed by atoms with Crippen molar-refractivity contribution in [2.45, 2.75) is 20.8 Å². The molecule has 9 heteroatoms. The van der Waals surface area contributed by atoms with E-state index in [9.17, 15) is 24.5 Å². The van der Waals surface area contributed by atoms with Gasteiger partial charge in [-0.2, -0.15) is 0 Å². The molecule has 1 fully saturated rings. The van der Waals surface area contributed by atoms with Crippen molar-refractivity contribution in [3.8, 4) is 0 Å². The number of rotatable bonds is 5. The summed E-state index contributed by atoms with van der Waals surface area (Å²) in [6.07, 6.45) is 1.47. The maximum atomic E-state index is 12.6. The summed E-state index contributed by atoms with van der Waals surface area (Å²) in [5.74, 6) is -1.04. The van der Waals surface area contributed by atoms with E-state index in [1.54, 1.807) is 0 Å². The SMILES string of the molecule is Cc1cc(C)c(NC(=O)CN2C(=O)S/C(=C/c3ccc([N+](=O)[O-])cc3)C2=O)c(C)c1. The van der Waals surface area contributed by atoms with Crippen LogP contribution in [0.4, 0.5) is 16.2 Å². The fourth-order valence-corrected chi connectivity index (χ4v) is 4.02. The highest BCUT2D eigenvalue weighted by atomic mass is 32.2. The second kappa shape index (κ2) is 8.50. The molecular weight excluding hydrogens is 406 g/mol. The minimum Gasteiger partial charge on any atom is -0.324 e. The fraction of sp³-hybridized carbons (Fsp3) is 0.190. The summed E-state index contributed by atoms with van der Waals surface area (Å²) in [5, 5.41) is 13.0. The number of nitrogens with one attached hydrogen (secondary N) is 1. The number of nitrogens with zero attached hydrogens (tertiary/aromatic N) is 2. The minimum atomic E-state index is -0.573. The number of carbonyl (C=O) groups is 3. The Bertz CT molecular complexity index is 1070. The summed E-state index contributed by atoms with van der Waals surface area (Å²) in [7, 11) is 0. The number of aryl methyl sites for hydroxylation is 3. The van der Waals surface area contributed by atoms with E-state index in [4.69, 9.17) is 0 Å². The number of anilines is 1. The largest absolute Gasteiger partial charge is 0.324 e. The van der Waals surface area contributed by atoms with Crippen LogP contribution >= 0.6 is 11.8 Å². The molecule has 8 nitrogen and oxygen atoms in total. The molecule has 0 aromatic heterocycles. The number of benzene rings is 2. The first-order valence-electron chi connectivity index (χ1n) is 9.03. The van der Waals surface area contributed by atoms with Crippen LogP contribution < -0.4 is 5.32 Å². The lowest BCUT2D eigenvalue weighted by atomic mass is 10.1. The van der Waals surface area contributed by atoms with E-state index in [0.29, 0.717) is 11.3 Å². The topological polar surface area (TPSA) is 110 Å². The molecule has 0 bridgehead atoms. The summed E-state index contributed by atoms with van der Waals surface area (Å²) in [5.41, 5.74) is 4.01. The van der Waals surface area contributed by atoms with Crippen molar-refractivity contribution in [3.05, 3.63) is 73.7 Å². The molecule has 0 radical (unpaired) electrons. The molecule has 0 atom stereocenters. The van der Waals surface area contributed by atoms with Gasteiger partial charge in [-0.05, 0) is 67.4 Å². The Balaban J connectivity index is 1.72. The van der Waals surface area contributed by atoms with Crippen LogP contribution in [0.1, 0.15) is 22.3 Å². The van der Waals surface area contributed by atoms with Gasteiger partial charge in [0.15, 0.2) is 0 Å². The van der Waals surface area contributed by atoms with Crippen LogP contribution in [-0.2, 0) is 9.59 Å². The summed E-state index contributed by atoms with van der Waals surface area (Å²) in [4.78, 5) is 48.6. The summed E-state index contributed by atoms with van der Waals surface area (Å²) >= 11 is 0.728. The van der Waals surface area contributed by atoms with Crippen molar-refractivity contribution in [2.75, 3.05) is 11.9 Å². The molecule has 2 aromatic carbocycles. The zero-order valence-corrected chi connectivity index (χ0v) is 17.4. The maximum Gasteiger partial charge on any atom is 0.294 e. The van der Waals surface area contributed by atoms with Gasteiger partial charge in [0, 0.05) is 17.8 Å². The van der Waals surface area contributed by atoms with E-state index in [2.05, 4.69) is 5.32 Å². The highest BCUT2D eigenvalue weighted by molar-refractivity contribution is 8.18. The standard InChI is InChI=1S/C21H19N3O5S/c1-12-8-13(2)19(14(3)9-12)22-18(25)11-23-20(26)17(30-21(23)27)10-15-4-6-16(7-5-15)24(28)29/h4-10H,11H2,1-3H3,(H,22,25)/b17-10+. The number of hydrogen-bond donors (Lipinski definition) is 1. The van der Waals surface area contributed by atoms with Gasteiger partial charge in [0.2, 0.25) is 5.91 Å². The van der Waals surface area contributed by atoms with Crippen LogP contribution in [0, 0.1) is 30.9 Å². The molecule has 0 saturated carbocycles. The lowest BCUT2D eigenvalue weighted by molar-refractivity contribution is -0.384. The third kappa shape index (κ3) is 4.57. The molecule has 30 heavy (non-hydrogen) atoms. The van der Waals surface area contributed by atoms with E-state index < -0.39 is 28.5 Å². The van der Waals surface area contributed by atoms with E-state index in [1.807, 2.05) is 32.9 Å². The Morgan fingerprint density at radius 3 is 2.30 bits per heavy atom. The second-order valence-corrected chi connectivity index (χ2v) is 7.93. The molecule has 1 aliphatic rings. The van der Waals surface area contributed by atoms with Crippen molar-refractivity contribution in [1.29, 1.82) is 0 Å². The number of non-ortho nitro benzene ring substituents is 1. The van der Waals surface area contributed by atoms with Gasteiger partial charge in [-0.25, -0.2) is 0 Å². The summed E-state index contributed by atoms with van der Waals surface area (Å²) < 4.78 is 0. The first kappa shape index (κ1) is 21.3. The number of amides is 3. The van der Waals surface area contributed by atoms with Crippen molar-refractivity contribution < 1.29 is 19.3 Å². The Hall–Kier alpha value is -3.46. The molecule has 0 spiro atoms. The molecule has 1 aliphatic heterocycles. The average molecular weight is 425 g/mol. The average Bonchev–Trinajstić information content (AvgIpc) is 2.92. The Morgan fingerprint density at radius 1 is 1.13 bits per heavy atom. The van der Waals surface area contributed by atoms with Crippen molar-refractivity contribution in [3.63, 3.8) is 0 Å². The monoisotopic (exact) mass is 425 g/mol. The molecular formula is C21H19N3O5S. The van der Waals surface area contributed by atoms with Gasteiger partial charge in [0.05, 0.1) is 9.83 Å². The highest BCUT2D eigenvalue weighted by Crippen LogP contribution is 2.32. The van der Waals surface area contributed by atoms with Gasteiger partial charge >= 0.3 is 0 Å². The number of carbonyl (C=O) groups excluding carboxylic acids is 3. The Kier molecular flexibility index (Phi) is 6.02. The van der Waals surface area contributed by atoms with Crippen LogP contribution in [0.2, 0.25) is 0 Å². The molecule has 154 valence electrons. The van der Waals surface area contributed by atoms with E-state index in [0.717, 1.165) is 33.4 Å². The molecule has 1 heterocycles. The minimum absolute atomic E-state index is 0.0707. The summed E-state index contributed by atoms with van der Waals surface area (Å²) in [6, 6.07) is 9.49. The fourth-order valence-electron chi connectivity index (χ4n) is 3.18. The zero-order chi connectivity index (χ0) is 22.0. The summed E-state index contributed by atoms with van der Waals surface area (Å²) in [6.45, 7) is 5.32. The molecule has 3 rings (SSSR count). The van der Waals surface area contributed by atoms with Gasteiger partial charge in [0.25, 0.3) is 16.8 Å². The molecule has 2 aromatic rings. The maximum absolute atomic E-state index is 12.6. The predicted molar refractivity (Wildman–Crippen MR) is 115 cm³/mol.